The summed E-state index contributed by atoms with van der Waals surface area (Å²) in [7, 11) is 1.62. The molecule has 0 amide bonds. The Morgan fingerprint density at radius 3 is 2.77 bits per heavy atom. The fourth-order valence-corrected chi connectivity index (χ4v) is 2.76. The molecule has 0 spiro atoms. The highest BCUT2D eigenvalue weighted by Crippen LogP contribution is 2.23. The van der Waals surface area contributed by atoms with Crippen LogP contribution in [0.25, 0.3) is 17.0 Å². The molecule has 30 heavy (non-hydrogen) atoms. The number of benzene rings is 1. The van der Waals surface area contributed by atoms with Gasteiger partial charge in [-0.15, -0.1) is 0 Å². The number of nitriles is 1. The third-order valence-corrected chi connectivity index (χ3v) is 4.09. The average Bonchev–Trinajstić information content (AvgIpc) is 2.77. The van der Waals surface area contributed by atoms with Gasteiger partial charge in [0, 0.05) is 18.9 Å². The molecule has 1 aromatic carbocycles. The topological polar surface area (TPSA) is 146 Å². The van der Waals surface area contributed by atoms with Gasteiger partial charge in [-0.1, -0.05) is 18.2 Å². The third kappa shape index (κ3) is 5.21. The van der Waals surface area contributed by atoms with Crippen molar-refractivity contribution in [3.05, 3.63) is 77.4 Å². The molecule has 0 saturated heterocycles. The number of pyridine rings is 1. The number of nitrogens with two attached hydrogens (primary N) is 1. The molecule has 2 heterocycles. The van der Waals surface area contributed by atoms with E-state index in [1.54, 1.807) is 37.6 Å². The van der Waals surface area contributed by atoms with Crippen molar-refractivity contribution in [2.75, 3.05) is 12.8 Å². The van der Waals surface area contributed by atoms with Crippen molar-refractivity contribution >= 4 is 11.6 Å². The zero-order chi connectivity index (χ0) is 21.3. The van der Waals surface area contributed by atoms with Gasteiger partial charge in [-0.25, -0.2) is 15.5 Å². The van der Waals surface area contributed by atoms with Crippen LogP contribution in [0.4, 0.5) is 5.95 Å². The molecule has 2 aromatic heterocycles. The molecule has 0 fully saturated rings. The van der Waals surface area contributed by atoms with Crippen molar-refractivity contribution in [2.45, 2.75) is 13.2 Å². The smallest absolute Gasteiger partial charge is 0.221 e. The van der Waals surface area contributed by atoms with Crippen LogP contribution in [0.2, 0.25) is 0 Å². The molecule has 9 nitrogen and oxygen atoms in total. The van der Waals surface area contributed by atoms with Crippen LogP contribution in [0.5, 0.6) is 0 Å². The van der Waals surface area contributed by atoms with E-state index in [1.165, 1.54) is 0 Å². The predicted molar refractivity (Wildman–Crippen MR) is 112 cm³/mol. The highest BCUT2D eigenvalue weighted by molar-refractivity contribution is 5.69. The van der Waals surface area contributed by atoms with Crippen molar-refractivity contribution in [2.24, 2.45) is 5.11 Å². The van der Waals surface area contributed by atoms with E-state index < -0.39 is 0 Å². The zero-order valence-electron chi connectivity index (χ0n) is 16.3. The van der Waals surface area contributed by atoms with Crippen molar-refractivity contribution in [3.8, 4) is 17.3 Å². The molecule has 9 heteroatoms. The summed E-state index contributed by atoms with van der Waals surface area (Å²) in [4.78, 5) is 12.9. The van der Waals surface area contributed by atoms with Crippen LogP contribution in [0.15, 0.2) is 59.8 Å². The summed E-state index contributed by atoms with van der Waals surface area (Å²) in [6.45, 7) is 0.876. The van der Waals surface area contributed by atoms with Gasteiger partial charge in [0.1, 0.15) is 5.70 Å². The molecule has 0 aliphatic carbocycles. The number of hydrogen-bond acceptors (Lipinski definition) is 9. The van der Waals surface area contributed by atoms with E-state index >= 15 is 0 Å². The summed E-state index contributed by atoms with van der Waals surface area (Å²) < 4.78 is 5.10. The first-order valence-electron chi connectivity index (χ1n) is 9.03. The maximum atomic E-state index is 9.11. The summed E-state index contributed by atoms with van der Waals surface area (Å²) >= 11 is 0. The molecule has 3 rings (SSSR count). The maximum absolute atomic E-state index is 9.11. The quantitative estimate of drug-likeness (QED) is 0.492. The zero-order valence-corrected chi connectivity index (χ0v) is 16.3. The average molecular weight is 400 g/mol. The van der Waals surface area contributed by atoms with Gasteiger partial charge in [-0.05, 0) is 30.3 Å². The Hall–Kier alpha value is -4.16. The van der Waals surface area contributed by atoms with Gasteiger partial charge in [0.25, 0.3) is 0 Å². The SMILES string of the molecule is COCc1cccc(CN/C=C(\N=N)c2cc(-c3cccc(C#N)c3)nc(N)n2)n1. The molecule has 4 N–H and O–H groups in total. The number of nitrogens with one attached hydrogen (secondary N) is 2. The standard InChI is InChI=1S/C21H20N8O/c1-30-13-17-7-3-6-16(26-17)11-25-12-20(29-24)19-9-18(27-21(23)28-19)15-5-2-4-14(8-15)10-22/h2-9,12,24-25H,11,13H2,1H3,(H2,23,27,28)/b20-12-,29-24?. The summed E-state index contributed by atoms with van der Waals surface area (Å²) in [6.07, 6.45) is 1.58. The first kappa shape index (κ1) is 20.6. The second-order valence-corrected chi connectivity index (χ2v) is 6.26. The second-order valence-electron chi connectivity index (χ2n) is 6.26. The van der Waals surface area contributed by atoms with Gasteiger partial charge in [0.15, 0.2) is 0 Å². The van der Waals surface area contributed by atoms with Gasteiger partial charge >= 0.3 is 0 Å². The molecule has 0 atom stereocenters. The van der Waals surface area contributed by atoms with E-state index in [4.69, 9.17) is 21.3 Å². The highest BCUT2D eigenvalue weighted by Gasteiger charge is 2.10. The van der Waals surface area contributed by atoms with Crippen molar-refractivity contribution < 1.29 is 4.74 Å². The molecular weight excluding hydrogens is 380 g/mol. The third-order valence-electron chi connectivity index (χ3n) is 4.09. The predicted octanol–water partition coefficient (Wildman–Crippen LogP) is 3.26. The van der Waals surface area contributed by atoms with Crippen molar-refractivity contribution in [1.29, 1.82) is 10.8 Å². The fourth-order valence-electron chi connectivity index (χ4n) is 2.76. The Kier molecular flexibility index (Phi) is 6.76. The second kappa shape index (κ2) is 9.86. The Morgan fingerprint density at radius 1 is 1.20 bits per heavy atom. The number of aromatic nitrogens is 3. The fraction of sp³-hybridized carbons (Fsp3) is 0.143. The number of nitrogen functional groups attached to an aromatic ring is 1. The molecule has 3 aromatic rings. The van der Waals surface area contributed by atoms with E-state index in [9.17, 15) is 0 Å². The maximum Gasteiger partial charge on any atom is 0.221 e. The van der Waals surface area contributed by atoms with Gasteiger partial charge in [0.2, 0.25) is 5.95 Å². The van der Waals surface area contributed by atoms with Crippen molar-refractivity contribution in [1.82, 2.24) is 20.3 Å². The normalized spacial score (nSPS) is 11.0. The number of nitrogens with zero attached hydrogens (tertiary/aromatic N) is 5. The van der Waals surface area contributed by atoms with E-state index in [0.717, 1.165) is 17.0 Å². The van der Waals surface area contributed by atoms with Crippen LogP contribution in [0.1, 0.15) is 22.6 Å². The minimum atomic E-state index is 0.0494. The van der Waals surface area contributed by atoms with Gasteiger partial charge in [0.05, 0.1) is 47.6 Å². The van der Waals surface area contributed by atoms with Crippen LogP contribution in [0.3, 0.4) is 0 Å². The molecule has 0 bridgehead atoms. The van der Waals surface area contributed by atoms with Crippen molar-refractivity contribution in [3.63, 3.8) is 0 Å². The molecule has 0 radical (unpaired) electrons. The summed E-state index contributed by atoms with van der Waals surface area (Å²) in [5.41, 5.74) is 17.5. The Bertz CT molecular complexity index is 1120. The van der Waals surface area contributed by atoms with E-state index in [2.05, 4.69) is 31.5 Å². The lowest BCUT2D eigenvalue weighted by Crippen LogP contribution is -2.09. The van der Waals surface area contributed by atoms with Gasteiger partial charge < -0.3 is 15.8 Å². The van der Waals surface area contributed by atoms with Crippen LogP contribution in [-0.4, -0.2) is 22.1 Å². The first-order valence-corrected chi connectivity index (χ1v) is 9.03. The summed E-state index contributed by atoms with van der Waals surface area (Å²) in [5.74, 6) is 0.0494. The molecule has 150 valence electrons. The number of ether oxygens (including phenoxy) is 1. The number of rotatable bonds is 8. The molecule has 0 aliphatic rings. The molecular formula is C21H20N8O. The lowest BCUT2D eigenvalue weighted by Gasteiger charge is -2.08. The number of hydrogen-bond donors (Lipinski definition) is 3. The molecule has 0 aliphatic heterocycles. The van der Waals surface area contributed by atoms with Gasteiger partial charge in [-0.2, -0.15) is 10.4 Å². The summed E-state index contributed by atoms with van der Waals surface area (Å²) in [6, 6.07) is 16.5. The Balaban J connectivity index is 1.82. The molecule has 0 unspecified atom stereocenters. The minimum absolute atomic E-state index is 0.0494. The molecule has 0 saturated carbocycles. The Morgan fingerprint density at radius 2 is 2.00 bits per heavy atom. The highest BCUT2D eigenvalue weighted by atomic mass is 16.5. The van der Waals surface area contributed by atoms with Gasteiger partial charge in [-0.3, -0.25) is 4.98 Å². The van der Waals surface area contributed by atoms with E-state index in [-0.39, 0.29) is 11.6 Å². The van der Waals surface area contributed by atoms with E-state index in [1.807, 2.05) is 24.3 Å². The largest absolute Gasteiger partial charge is 0.383 e. The monoisotopic (exact) mass is 400 g/mol. The minimum Gasteiger partial charge on any atom is -0.383 e. The lowest BCUT2D eigenvalue weighted by molar-refractivity contribution is 0.181. The first-order chi connectivity index (χ1) is 14.6. The van der Waals surface area contributed by atoms with Crippen LogP contribution < -0.4 is 11.1 Å². The Labute approximate surface area is 173 Å². The van der Waals surface area contributed by atoms with E-state index in [0.29, 0.717) is 30.1 Å². The van der Waals surface area contributed by atoms with Crippen LogP contribution in [-0.2, 0) is 17.9 Å². The number of methoxy groups -OCH3 is 1. The lowest BCUT2D eigenvalue weighted by atomic mass is 10.1. The van der Waals surface area contributed by atoms with Crippen LogP contribution in [0, 0.1) is 16.9 Å². The number of anilines is 1. The van der Waals surface area contributed by atoms with Crippen LogP contribution >= 0.6 is 0 Å². The summed E-state index contributed by atoms with van der Waals surface area (Å²) in [5, 5.41) is 15.8.